The summed E-state index contributed by atoms with van der Waals surface area (Å²) in [6.45, 7) is 5.70. The molecule has 160 valence electrons. The molecular formula is C23H30N4O3. The molecule has 0 saturated carbocycles. The molecule has 0 aliphatic carbocycles. The summed E-state index contributed by atoms with van der Waals surface area (Å²) in [4.78, 5) is 19.3. The number of carbonyl (C=O) groups excluding carboxylic acids is 1. The number of hydrogen-bond donors (Lipinski definition) is 2. The molecule has 2 saturated heterocycles. The van der Waals surface area contributed by atoms with Gasteiger partial charge in [0.15, 0.2) is 18.1 Å². The van der Waals surface area contributed by atoms with E-state index >= 15 is 0 Å². The maximum atomic E-state index is 13.1. The van der Waals surface area contributed by atoms with Crippen molar-refractivity contribution in [3.63, 3.8) is 0 Å². The molecular weight excluding hydrogens is 380 g/mol. The highest BCUT2D eigenvalue weighted by molar-refractivity contribution is 5.78. The van der Waals surface area contributed by atoms with Crippen molar-refractivity contribution in [3.05, 3.63) is 53.3 Å². The third kappa shape index (κ3) is 4.13. The summed E-state index contributed by atoms with van der Waals surface area (Å²) in [5.74, 6) is 1.55. The normalized spacial score (nSPS) is 23.6. The predicted octanol–water partition coefficient (Wildman–Crippen LogP) is 2.34. The van der Waals surface area contributed by atoms with Crippen LogP contribution in [0.2, 0.25) is 0 Å². The fourth-order valence-electron chi connectivity index (χ4n) is 4.67. The number of aryl methyl sites for hydroxylation is 2. The van der Waals surface area contributed by atoms with Crippen molar-refractivity contribution in [2.45, 2.75) is 44.7 Å². The topological polar surface area (TPSA) is 75.7 Å². The lowest BCUT2D eigenvalue weighted by atomic mass is 9.86. The van der Waals surface area contributed by atoms with E-state index in [1.54, 1.807) is 7.11 Å². The van der Waals surface area contributed by atoms with E-state index in [2.05, 4.69) is 28.8 Å². The van der Waals surface area contributed by atoms with Gasteiger partial charge in [-0.25, -0.2) is 0 Å². The molecule has 7 nitrogen and oxygen atoms in total. The molecule has 0 bridgehead atoms. The predicted molar refractivity (Wildman–Crippen MR) is 115 cm³/mol. The van der Waals surface area contributed by atoms with Crippen molar-refractivity contribution in [1.29, 1.82) is 0 Å². The Morgan fingerprint density at radius 2 is 2.13 bits per heavy atom. The van der Waals surface area contributed by atoms with Gasteiger partial charge in [0.05, 0.1) is 7.11 Å². The summed E-state index contributed by atoms with van der Waals surface area (Å²) in [6, 6.07) is 8.11. The number of likely N-dealkylation sites (tertiary alicyclic amines) is 1. The number of nitrogens with zero attached hydrogens (tertiary/aromatic N) is 2. The van der Waals surface area contributed by atoms with Gasteiger partial charge >= 0.3 is 0 Å². The second kappa shape index (κ2) is 9.02. The maximum Gasteiger partial charge on any atom is 0.260 e. The second-order valence-electron chi connectivity index (χ2n) is 8.13. The molecule has 1 aromatic heterocycles. The Balaban J connectivity index is 1.45. The first-order valence-electron chi connectivity index (χ1n) is 10.5. The van der Waals surface area contributed by atoms with Gasteiger partial charge in [-0.1, -0.05) is 6.07 Å². The lowest BCUT2D eigenvalue weighted by Crippen LogP contribution is -2.51. The number of amides is 1. The fourth-order valence-corrected chi connectivity index (χ4v) is 4.67. The Kier molecular flexibility index (Phi) is 6.20. The highest BCUT2D eigenvalue weighted by atomic mass is 16.5. The average molecular weight is 411 g/mol. The highest BCUT2D eigenvalue weighted by Gasteiger charge is 2.41. The Morgan fingerprint density at radius 1 is 1.27 bits per heavy atom. The van der Waals surface area contributed by atoms with Gasteiger partial charge in [-0.15, -0.1) is 0 Å². The number of methoxy groups -OCH3 is 1. The second-order valence-corrected chi connectivity index (χ2v) is 8.13. The number of pyridine rings is 1. The zero-order valence-corrected chi connectivity index (χ0v) is 17.9. The van der Waals surface area contributed by atoms with Gasteiger partial charge in [0.2, 0.25) is 0 Å². The van der Waals surface area contributed by atoms with Crippen molar-refractivity contribution < 1.29 is 14.3 Å². The molecule has 7 heteroatoms. The van der Waals surface area contributed by atoms with E-state index in [4.69, 9.17) is 9.47 Å². The molecule has 30 heavy (non-hydrogen) atoms. The van der Waals surface area contributed by atoms with E-state index in [1.165, 1.54) is 11.1 Å². The van der Waals surface area contributed by atoms with Gasteiger partial charge < -0.3 is 14.4 Å². The van der Waals surface area contributed by atoms with Crippen LogP contribution in [0.1, 0.15) is 35.4 Å². The summed E-state index contributed by atoms with van der Waals surface area (Å²) in [7, 11) is 1.61. The fraction of sp³-hybridized carbons (Fsp3) is 0.478. The number of carbonyl (C=O) groups is 1. The minimum atomic E-state index is 0.00895. The third-order valence-corrected chi connectivity index (χ3v) is 6.19. The van der Waals surface area contributed by atoms with Crippen LogP contribution in [0.15, 0.2) is 36.7 Å². The molecule has 1 aromatic carbocycles. The number of benzene rings is 1. The largest absolute Gasteiger partial charge is 0.493 e. The van der Waals surface area contributed by atoms with Crippen LogP contribution in [0.3, 0.4) is 0 Å². The van der Waals surface area contributed by atoms with Crippen LogP contribution >= 0.6 is 0 Å². The molecule has 2 aliphatic rings. The van der Waals surface area contributed by atoms with Gasteiger partial charge in [0.25, 0.3) is 5.91 Å². The van der Waals surface area contributed by atoms with Crippen LogP contribution in [0.5, 0.6) is 11.5 Å². The standard InChI is InChI=1S/C23H30N4O3/c1-15-6-7-20(21(11-15)29-3)30-14-22(28)27-10-4-5-19(27)23-18(13-25-26-23)17-8-9-24-12-16(17)2/h6-9,11-12,18-19,23,25-26H,4-5,10,13-14H2,1-3H3. The van der Waals surface area contributed by atoms with Gasteiger partial charge in [0, 0.05) is 43.5 Å². The van der Waals surface area contributed by atoms with Gasteiger partial charge in [-0.2, -0.15) is 0 Å². The SMILES string of the molecule is COc1cc(C)ccc1OCC(=O)N1CCCC1C1NNCC1c1ccncc1C. The van der Waals surface area contributed by atoms with E-state index in [9.17, 15) is 4.79 Å². The minimum absolute atomic E-state index is 0.00895. The number of ether oxygens (including phenoxy) is 2. The quantitative estimate of drug-likeness (QED) is 0.761. The molecule has 4 rings (SSSR count). The third-order valence-electron chi connectivity index (χ3n) is 6.19. The molecule has 3 atom stereocenters. The van der Waals surface area contributed by atoms with Crippen molar-refractivity contribution >= 4 is 5.91 Å². The molecule has 2 N–H and O–H groups in total. The van der Waals surface area contributed by atoms with E-state index in [1.807, 2.05) is 42.4 Å². The van der Waals surface area contributed by atoms with Crippen LogP contribution in [0.25, 0.3) is 0 Å². The zero-order valence-electron chi connectivity index (χ0n) is 17.9. The lowest BCUT2D eigenvalue weighted by molar-refractivity contribution is -0.134. The molecule has 0 spiro atoms. The highest BCUT2D eigenvalue weighted by Crippen LogP contribution is 2.33. The molecule has 2 fully saturated rings. The number of hydrogen-bond acceptors (Lipinski definition) is 6. The van der Waals surface area contributed by atoms with Crippen LogP contribution in [-0.4, -0.2) is 54.7 Å². The van der Waals surface area contributed by atoms with Gasteiger partial charge in [0.1, 0.15) is 0 Å². The van der Waals surface area contributed by atoms with Crippen LogP contribution < -0.4 is 20.3 Å². The average Bonchev–Trinajstić information content (AvgIpc) is 3.42. The summed E-state index contributed by atoms with van der Waals surface area (Å²) in [5, 5.41) is 0. The monoisotopic (exact) mass is 410 g/mol. The van der Waals surface area contributed by atoms with Gasteiger partial charge in [-0.3, -0.25) is 20.6 Å². The molecule has 0 radical (unpaired) electrons. The molecule has 3 unspecified atom stereocenters. The molecule has 3 heterocycles. The Hall–Kier alpha value is -2.64. The first-order chi connectivity index (χ1) is 14.6. The molecule has 1 amide bonds. The minimum Gasteiger partial charge on any atom is -0.493 e. The Bertz CT molecular complexity index is 904. The Labute approximate surface area is 177 Å². The van der Waals surface area contributed by atoms with E-state index < -0.39 is 0 Å². The zero-order chi connectivity index (χ0) is 21.1. The van der Waals surface area contributed by atoms with Crippen molar-refractivity contribution in [1.82, 2.24) is 20.7 Å². The van der Waals surface area contributed by atoms with Crippen LogP contribution in [-0.2, 0) is 4.79 Å². The summed E-state index contributed by atoms with van der Waals surface area (Å²) < 4.78 is 11.2. The van der Waals surface area contributed by atoms with E-state index in [0.717, 1.165) is 31.5 Å². The molecule has 2 aromatic rings. The molecule has 2 aliphatic heterocycles. The van der Waals surface area contributed by atoms with E-state index in [-0.39, 0.29) is 24.6 Å². The number of aromatic nitrogens is 1. The number of rotatable bonds is 6. The Morgan fingerprint density at radius 3 is 2.93 bits per heavy atom. The maximum absolute atomic E-state index is 13.1. The summed E-state index contributed by atoms with van der Waals surface area (Å²) in [6.07, 6.45) is 5.74. The first-order valence-corrected chi connectivity index (χ1v) is 10.5. The number of nitrogens with one attached hydrogen (secondary N) is 2. The first kappa shape index (κ1) is 20.6. The summed E-state index contributed by atoms with van der Waals surface area (Å²) >= 11 is 0. The van der Waals surface area contributed by atoms with Crippen LogP contribution in [0.4, 0.5) is 0 Å². The summed E-state index contributed by atoms with van der Waals surface area (Å²) in [5.41, 5.74) is 10.3. The smallest absolute Gasteiger partial charge is 0.260 e. The van der Waals surface area contributed by atoms with Gasteiger partial charge in [-0.05, 0) is 61.6 Å². The van der Waals surface area contributed by atoms with Crippen molar-refractivity contribution in [2.24, 2.45) is 0 Å². The van der Waals surface area contributed by atoms with Crippen molar-refractivity contribution in [3.8, 4) is 11.5 Å². The van der Waals surface area contributed by atoms with Crippen molar-refractivity contribution in [2.75, 3.05) is 26.8 Å². The number of hydrazine groups is 1. The van der Waals surface area contributed by atoms with Crippen LogP contribution in [0, 0.1) is 13.8 Å². The lowest BCUT2D eigenvalue weighted by Gasteiger charge is -2.32. The van der Waals surface area contributed by atoms with E-state index in [0.29, 0.717) is 17.4 Å².